The maximum Gasteiger partial charge on any atom is 0.419 e. The van der Waals surface area contributed by atoms with E-state index in [2.05, 4.69) is 26.0 Å². The van der Waals surface area contributed by atoms with Crippen LogP contribution >= 0.6 is 15.9 Å². The van der Waals surface area contributed by atoms with Gasteiger partial charge in [0.15, 0.2) is 0 Å². The summed E-state index contributed by atoms with van der Waals surface area (Å²) in [7, 11) is 0. The third-order valence-electron chi connectivity index (χ3n) is 1.86. The van der Waals surface area contributed by atoms with Gasteiger partial charge in [-0.2, -0.15) is 18.3 Å². The van der Waals surface area contributed by atoms with Gasteiger partial charge in [-0.1, -0.05) is 0 Å². The highest BCUT2D eigenvalue weighted by molar-refractivity contribution is 9.10. The van der Waals surface area contributed by atoms with Crippen molar-refractivity contribution in [1.82, 2.24) is 14.8 Å². The average Bonchev–Trinajstić information content (AvgIpc) is 2.65. The van der Waals surface area contributed by atoms with Gasteiger partial charge in [-0.3, -0.25) is 4.98 Å². The third kappa shape index (κ3) is 2.24. The minimum atomic E-state index is -4.38. The summed E-state index contributed by atoms with van der Waals surface area (Å²) in [5.74, 6) is 0. The van der Waals surface area contributed by atoms with E-state index in [1.54, 1.807) is 6.07 Å². The van der Waals surface area contributed by atoms with Crippen LogP contribution in [0.5, 0.6) is 0 Å². The Balaban J connectivity index is 2.39. The molecule has 3 nitrogen and oxygen atoms in total. The molecule has 16 heavy (non-hydrogen) atoms. The van der Waals surface area contributed by atoms with Crippen molar-refractivity contribution in [1.29, 1.82) is 0 Å². The second kappa shape index (κ2) is 3.89. The zero-order valence-corrected chi connectivity index (χ0v) is 9.33. The standard InChI is InChI=1S/C9H5BrF3N3/c10-7-1-8(4-14-3-7)16-5-6(2-15-16)9(11,12)13/h1-5H. The number of rotatable bonds is 1. The molecule has 0 saturated heterocycles. The highest BCUT2D eigenvalue weighted by Gasteiger charge is 2.32. The van der Waals surface area contributed by atoms with Gasteiger partial charge < -0.3 is 0 Å². The Labute approximate surface area is 97.0 Å². The molecule has 2 aromatic heterocycles. The first-order valence-corrected chi connectivity index (χ1v) is 4.99. The lowest BCUT2D eigenvalue weighted by Gasteiger charge is -2.02. The molecule has 0 spiro atoms. The summed E-state index contributed by atoms with van der Waals surface area (Å²) in [6.07, 6.45) is 0.289. The van der Waals surface area contributed by atoms with Crippen molar-refractivity contribution in [2.24, 2.45) is 0 Å². The van der Waals surface area contributed by atoms with E-state index in [0.29, 0.717) is 10.2 Å². The molecule has 0 aliphatic carbocycles. The average molecular weight is 292 g/mol. The zero-order chi connectivity index (χ0) is 11.8. The molecule has 0 bridgehead atoms. The second-order valence-corrected chi connectivity index (χ2v) is 3.95. The van der Waals surface area contributed by atoms with Crippen LogP contribution in [0, 0.1) is 0 Å². The van der Waals surface area contributed by atoms with Gasteiger partial charge in [0.05, 0.1) is 23.6 Å². The zero-order valence-electron chi connectivity index (χ0n) is 7.74. The van der Waals surface area contributed by atoms with Crippen molar-refractivity contribution < 1.29 is 13.2 Å². The van der Waals surface area contributed by atoms with Crippen LogP contribution in [0.3, 0.4) is 0 Å². The SMILES string of the molecule is FC(F)(F)c1cnn(-c2cncc(Br)c2)c1. The molecule has 0 radical (unpaired) electrons. The first-order chi connectivity index (χ1) is 7.47. The Bertz CT molecular complexity index is 507. The summed E-state index contributed by atoms with van der Waals surface area (Å²) < 4.78 is 38.8. The Morgan fingerprint density at radius 3 is 2.50 bits per heavy atom. The summed E-state index contributed by atoms with van der Waals surface area (Å²) in [6.45, 7) is 0. The lowest BCUT2D eigenvalue weighted by molar-refractivity contribution is -0.137. The number of alkyl halides is 3. The number of aromatic nitrogens is 3. The monoisotopic (exact) mass is 291 g/mol. The predicted octanol–water partition coefficient (Wildman–Crippen LogP) is 3.05. The second-order valence-electron chi connectivity index (χ2n) is 3.03. The number of hydrogen-bond acceptors (Lipinski definition) is 2. The molecule has 0 atom stereocenters. The normalized spacial score (nSPS) is 11.8. The molecule has 2 rings (SSSR count). The molecular formula is C9H5BrF3N3. The number of pyridine rings is 1. The van der Waals surface area contributed by atoms with Crippen LogP contribution < -0.4 is 0 Å². The molecule has 2 heterocycles. The lowest BCUT2D eigenvalue weighted by atomic mass is 10.3. The molecule has 84 valence electrons. The maximum absolute atomic E-state index is 12.3. The molecule has 0 aliphatic heterocycles. The van der Waals surface area contributed by atoms with Crippen LogP contribution in [0.15, 0.2) is 35.3 Å². The van der Waals surface area contributed by atoms with E-state index in [0.717, 1.165) is 17.1 Å². The van der Waals surface area contributed by atoms with E-state index in [-0.39, 0.29) is 0 Å². The van der Waals surface area contributed by atoms with E-state index >= 15 is 0 Å². The van der Waals surface area contributed by atoms with Crippen molar-refractivity contribution in [2.45, 2.75) is 6.18 Å². The van der Waals surface area contributed by atoms with Crippen LogP contribution in [0.25, 0.3) is 5.69 Å². The van der Waals surface area contributed by atoms with E-state index < -0.39 is 11.7 Å². The first-order valence-electron chi connectivity index (χ1n) is 4.19. The van der Waals surface area contributed by atoms with Crippen molar-refractivity contribution in [3.05, 3.63) is 40.9 Å². The predicted molar refractivity (Wildman–Crippen MR) is 54.1 cm³/mol. The molecule has 0 amide bonds. The fourth-order valence-corrected chi connectivity index (χ4v) is 1.49. The highest BCUT2D eigenvalue weighted by atomic mass is 79.9. The molecule has 0 aromatic carbocycles. The fraction of sp³-hybridized carbons (Fsp3) is 0.111. The summed E-state index contributed by atoms with van der Waals surface area (Å²) in [4.78, 5) is 3.84. The first kappa shape index (κ1) is 11.1. The van der Waals surface area contributed by atoms with Gasteiger partial charge >= 0.3 is 6.18 Å². The summed E-state index contributed by atoms with van der Waals surface area (Å²) in [6, 6.07) is 1.63. The Morgan fingerprint density at radius 1 is 1.19 bits per heavy atom. The molecule has 0 unspecified atom stereocenters. The Hall–Kier alpha value is -1.37. The van der Waals surface area contributed by atoms with Gasteiger partial charge in [0.1, 0.15) is 0 Å². The van der Waals surface area contributed by atoms with Crippen LogP contribution in [0.2, 0.25) is 0 Å². The fourth-order valence-electron chi connectivity index (χ4n) is 1.14. The molecule has 7 heteroatoms. The topological polar surface area (TPSA) is 30.7 Å². The van der Waals surface area contributed by atoms with Crippen molar-refractivity contribution in [3.8, 4) is 5.69 Å². The summed E-state index contributed by atoms with van der Waals surface area (Å²) in [5.41, 5.74) is -0.322. The van der Waals surface area contributed by atoms with E-state index in [1.807, 2.05) is 0 Å². The molecule has 0 fully saturated rings. The van der Waals surface area contributed by atoms with Crippen LogP contribution in [-0.2, 0) is 6.18 Å². The molecule has 0 N–H and O–H groups in total. The van der Waals surface area contributed by atoms with Gasteiger partial charge in [0, 0.05) is 16.9 Å². The van der Waals surface area contributed by atoms with E-state index in [4.69, 9.17) is 0 Å². The highest BCUT2D eigenvalue weighted by Crippen LogP contribution is 2.29. The van der Waals surface area contributed by atoms with Crippen molar-refractivity contribution in [3.63, 3.8) is 0 Å². The largest absolute Gasteiger partial charge is 0.419 e. The lowest BCUT2D eigenvalue weighted by Crippen LogP contribution is -2.03. The molecule has 0 aliphatic rings. The number of halogens is 4. The minimum absolute atomic E-state index is 0.463. The molecular weight excluding hydrogens is 287 g/mol. The Morgan fingerprint density at radius 2 is 1.94 bits per heavy atom. The number of hydrogen-bond donors (Lipinski definition) is 0. The molecule has 0 saturated carbocycles. The smallest absolute Gasteiger partial charge is 0.261 e. The van der Waals surface area contributed by atoms with Crippen molar-refractivity contribution >= 4 is 15.9 Å². The van der Waals surface area contributed by atoms with Crippen LogP contribution in [0.4, 0.5) is 13.2 Å². The number of nitrogens with zero attached hydrogens (tertiary/aromatic N) is 3. The van der Waals surface area contributed by atoms with Crippen LogP contribution in [0.1, 0.15) is 5.56 Å². The van der Waals surface area contributed by atoms with Gasteiger partial charge in [0.25, 0.3) is 0 Å². The Kier molecular flexibility index (Phi) is 2.71. The third-order valence-corrected chi connectivity index (χ3v) is 2.30. The van der Waals surface area contributed by atoms with Gasteiger partial charge in [0.2, 0.25) is 0 Å². The maximum atomic E-state index is 12.3. The van der Waals surface area contributed by atoms with Gasteiger partial charge in [-0.15, -0.1) is 0 Å². The quantitative estimate of drug-likeness (QED) is 0.808. The summed E-state index contributed by atoms with van der Waals surface area (Å²) in [5, 5.41) is 3.63. The van der Waals surface area contributed by atoms with Gasteiger partial charge in [-0.25, -0.2) is 4.68 Å². The minimum Gasteiger partial charge on any atom is -0.261 e. The van der Waals surface area contributed by atoms with E-state index in [1.165, 1.54) is 12.4 Å². The summed E-state index contributed by atoms with van der Waals surface area (Å²) >= 11 is 3.18. The van der Waals surface area contributed by atoms with E-state index in [9.17, 15) is 13.2 Å². The molecule has 2 aromatic rings. The van der Waals surface area contributed by atoms with Gasteiger partial charge in [-0.05, 0) is 22.0 Å². The van der Waals surface area contributed by atoms with Crippen LogP contribution in [-0.4, -0.2) is 14.8 Å². The van der Waals surface area contributed by atoms with Crippen molar-refractivity contribution in [2.75, 3.05) is 0 Å².